The van der Waals surface area contributed by atoms with Gasteiger partial charge >= 0.3 is 5.97 Å². The second-order valence-electron chi connectivity index (χ2n) is 12.3. The molecule has 4 unspecified atom stereocenters. The van der Waals surface area contributed by atoms with Gasteiger partial charge in [-0.05, 0) is 107 Å². The van der Waals surface area contributed by atoms with Gasteiger partial charge in [0.05, 0.1) is 11.0 Å². The van der Waals surface area contributed by atoms with Crippen LogP contribution < -0.4 is 0 Å². The van der Waals surface area contributed by atoms with Crippen molar-refractivity contribution in [3.63, 3.8) is 0 Å². The van der Waals surface area contributed by atoms with E-state index < -0.39 is 27.5 Å². The maximum Gasteiger partial charge on any atom is 0.302 e. The van der Waals surface area contributed by atoms with Crippen LogP contribution in [0.2, 0.25) is 0 Å². The van der Waals surface area contributed by atoms with E-state index in [1.165, 1.54) is 12.5 Å². The third-order valence-corrected chi connectivity index (χ3v) is 10.6. The average molecular weight is 575 g/mol. The van der Waals surface area contributed by atoms with Crippen LogP contribution in [-0.4, -0.2) is 45.2 Å². The van der Waals surface area contributed by atoms with Crippen molar-refractivity contribution < 1.29 is 27.4 Å². The molecular weight excluding hydrogens is 524 g/mol. The van der Waals surface area contributed by atoms with E-state index in [0.717, 1.165) is 68.9 Å². The number of hydrogen-bond donors (Lipinski definition) is 0. The number of carbonyl (C=O) groups excluding carboxylic acids is 1. The molecule has 2 aliphatic rings. The van der Waals surface area contributed by atoms with Gasteiger partial charge in [0.1, 0.15) is 11.9 Å². The molecule has 0 bridgehead atoms. The molecule has 1 aromatic carbocycles. The van der Waals surface area contributed by atoms with E-state index in [-0.39, 0.29) is 23.9 Å². The van der Waals surface area contributed by atoms with Crippen LogP contribution >= 0.6 is 0 Å². The van der Waals surface area contributed by atoms with Crippen molar-refractivity contribution in [2.24, 2.45) is 11.3 Å². The first-order valence-corrected chi connectivity index (χ1v) is 16.5. The SMILES string of the molecule is CC(=O)OC/C=C(\C)CCCC(C)C(OC1CCCCO1)C(C1=C(C)CCCC1(C)C)S(=O)(=O)c1ccccc1. The van der Waals surface area contributed by atoms with Crippen LogP contribution in [-0.2, 0) is 28.8 Å². The van der Waals surface area contributed by atoms with Crippen LogP contribution in [0.4, 0.5) is 0 Å². The summed E-state index contributed by atoms with van der Waals surface area (Å²) in [6.45, 7) is 13.0. The first-order chi connectivity index (χ1) is 18.9. The number of ether oxygens (including phenoxy) is 3. The third kappa shape index (κ3) is 8.77. The van der Waals surface area contributed by atoms with Gasteiger partial charge in [-0.3, -0.25) is 4.79 Å². The molecular formula is C33H50O6S. The number of rotatable bonds is 13. The largest absolute Gasteiger partial charge is 0.462 e. The highest BCUT2D eigenvalue weighted by atomic mass is 32.2. The molecule has 1 aliphatic heterocycles. The third-order valence-electron chi connectivity index (χ3n) is 8.49. The molecule has 0 saturated carbocycles. The van der Waals surface area contributed by atoms with Gasteiger partial charge in [-0.2, -0.15) is 0 Å². The fraction of sp³-hybridized carbons (Fsp3) is 0.667. The van der Waals surface area contributed by atoms with Crippen LogP contribution in [0.15, 0.2) is 58.0 Å². The maximum absolute atomic E-state index is 14.6. The summed E-state index contributed by atoms with van der Waals surface area (Å²) in [6, 6.07) is 8.87. The summed E-state index contributed by atoms with van der Waals surface area (Å²) in [5.74, 6) is -0.309. The summed E-state index contributed by atoms with van der Waals surface area (Å²) in [7, 11) is -3.76. The number of sulfone groups is 1. The molecule has 7 heteroatoms. The van der Waals surface area contributed by atoms with E-state index in [1.54, 1.807) is 24.3 Å². The standard InChI is InChI=1S/C33H50O6S/c1-24(20-23-37-27(4)34)14-12-15-26(3)31(39-29-19-10-11-22-38-29)32(30-25(2)16-13-21-33(30,5)6)40(35,36)28-17-8-7-9-18-28/h7-9,17-18,20,26,29,31-32H,10-16,19,21-23H2,1-6H3/b24-20+. The highest BCUT2D eigenvalue weighted by Crippen LogP contribution is 2.47. The Bertz CT molecular complexity index is 1130. The maximum atomic E-state index is 14.6. The van der Waals surface area contributed by atoms with Crippen LogP contribution in [0.25, 0.3) is 0 Å². The van der Waals surface area contributed by atoms with E-state index >= 15 is 0 Å². The highest BCUT2D eigenvalue weighted by molar-refractivity contribution is 7.92. The molecule has 224 valence electrons. The zero-order chi connectivity index (χ0) is 29.3. The van der Waals surface area contributed by atoms with Gasteiger partial charge in [0.2, 0.25) is 0 Å². The smallest absolute Gasteiger partial charge is 0.302 e. The Morgan fingerprint density at radius 3 is 2.50 bits per heavy atom. The molecule has 4 atom stereocenters. The molecule has 0 radical (unpaired) electrons. The van der Waals surface area contributed by atoms with Gasteiger partial charge in [0.15, 0.2) is 16.1 Å². The van der Waals surface area contributed by atoms with E-state index in [2.05, 4.69) is 27.7 Å². The van der Waals surface area contributed by atoms with Crippen molar-refractivity contribution >= 4 is 15.8 Å². The summed E-state index contributed by atoms with van der Waals surface area (Å²) in [5.41, 5.74) is 3.10. The quantitative estimate of drug-likeness (QED) is 0.178. The Hall–Kier alpha value is -1.96. The lowest BCUT2D eigenvalue weighted by atomic mass is 9.70. The Balaban J connectivity index is 1.98. The van der Waals surface area contributed by atoms with Crippen LogP contribution in [0.3, 0.4) is 0 Å². The fourth-order valence-electron chi connectivity index (χ4n) is 6.29. The monoisotopic (exact) mass is 574 g/mol. The zero-order valence-corrected chi connectivity index (χ0v) is 26.2. The van der Waals surface area contributed by atoms with Gasteiger partial charge < -0.3 is 14.2 Å². The van der Waals surface area contributed by atoms with Gasteiger partial charge in [-0.15, -0.1) is 0 Å². The molecule has 0 amide bonds. The molecule has 1 fully saturated rings. The number of benzene rings is 1. The van der Waals surface area contributed by atoms with Crippen LogP contribution in [0.5, 0.6) is 0 Å². The second kappa shape index (κ2) is 14.8. The summed E-state index contributed by atoms with van der Waals surface area (Å²) in [4.78, 5) is 11.4. The molecule has 1 aliphatic carbocycles. The number of esters is 1. The van der Waals surface area contributed by atoms with Crippen molar-refractivity contribution in [3.8, 4) is 0 Å². The summed E-state index contributed by atoms with van der Waals surface area (Å²) >= 11 is 0. The Kier molecular flexibility index (Phi) is 12.0. The summed E-state index contributed by atoms with van der Waals surface area (Å²) in [6.07, 6.45) is 9.27. The van der Waals surface area contributed by atoms with Crippen molar-refractivity contribution in [1.82, 2.24) is 0 Å². The van der Waals surface area contributed by atoms with Gasteiger partial charge in [0, 0.05) is 13.5 Å². The van der Waals surface area contributed by atoms with E-state index in [0.29, 0.717) is 11.5 Å². The van der Waals surface area contributed by atoms with Crippen LogP contribution in [0, 0.1) is 11.3 Å². The molecule has 40 heavy (non-hydrogen) atoms. The molecule has 0 aromatic heterocycles. The van der Waals surface area contributed by atoms with Crippen molar-refractivity contribution in [2.75, 3.05) is 13.2 Å². The minimum atomic E-state index is -3.76. The topological polar surface area (TPSA) is 78.9 Å². The second-order valence-corrected chi connectivity index (χ2v) is 14.4. The van der Waals surface area contributed by atoms with Gasteiger partial charge in [-0.25, -0.2) is 8.42 Å². The zero-order valence-electron chi connectivity index (χ0n) is 25.4. The highest BCUT2D eigenvalue weighted by Gasteiger charge is 2.47. The molecule has 6 nitrogen and oxygen atoms in total. The average Bonchev–Trinajstić information content (AvgIpc) is 2.90. The first kappa shape index (κ1) is 32.6. The van der Waals surface area contributed by atoms with Crippen molar-refractivity contribution in [2.45, 2.75) is 122 Å². The normalized spacial score (nSPS) is 22.4. The predicted octanol–water partition coefficient (Wildman–Crippen LogP) is 7.58. The number of carbonyl (C=O) groups is 1. The first-order valence-electron chi connectivity index (χ1n) is 15.0. The van der Waals surface area contributed by atoms with Crippen molar-refractivity contribution in [1.29, 1.82) is 0 Å². The molecule has 1 heterocycles. The predicted molar refractivity (Wildman–Crippen MR) is 160 cm³/mol. The fourth-order valence-corrected chi connectivity index (χ4v) is 8.64. The molecule has 0 N–H and O–H groups in total. The Labute approximate surface area is 242 Å². The van der Waals surface area contributed by atoms with Crippen molar-refractivity contribution in [3.05, 3.63) is 53.1 Å². The molecule has 1 aromatic rings. The summed E-state index contributed by atoms with van der Waals surface area (Å²) < 4.78 is 47.0. The minimum absolute atomic E-state index is 0.0201. The number of allylic oxidation sites excluding steroid dienone is 2. The van der Waals surface area contributed by atoms with E-state index in [4.69, 9.17) is 14.2 Å². The summed E-state index contributed by atoms with van der Waals surface area (Å²) in [5, 5.41) is -0.786. The van der Waals surface area contributed by atoms with E-state index in [9.17, 15) is 13.2 Å². The lowest BCUT2D eigenvalue weighted by Crippen LogP contribution is -2.48. The minimum Gasteiger partial charge on any atom is -0.462 e. The molecule has 0 spiro atoms. The molecule has 1 saturated heterocycles. The van der Waals surface area contributed by atoms with Gasteiger partial charge in [0.25, 0.3) is 0 Å². The Morgan fingerprint density at radius 2 is 1.88 bits per heavy atom. The Morgan fingerprint density at radius 1 is 1.15 bits per heavy atom. The van der Waals surface area contributed by atoms with Crippen LogP contribution in [0.1, 0.15) is 99.3 Å². The van der Waals surface area contributed by atoms with E-state index in [1.807, 2.05) is 19.1 Å². The lowest BCUT2D eigenvalue weighted by molar-refractivity contribution is -0.197. The lowest BCUT2D eigenvalue weighted by Gasteiger charge is -2.44. The van der Waals surface area contributed by atoms with Gasteiger partial charge in [-0.1, -0.05) is 50.1 Å². The molecule has 3 rings (SSSR count). The number of hydrogen-bond acceptors (Lipinski definition) is 6.